The van der Waals surface area contributed by atoms with Crippen LogP contribution in [0, 0.1) is 15.4 Å². The van der Waals surface area contributed by atoms with Gasteiger partial charge in [0.05, 0.1) is 22.5 Å². The van der Waals surface area contributed by atoms with Gasteiger partial charge in [-0.2, -0.15) is 0 Å². The molecule has 2 rings (SSSR count). The molecule has 1 fully saturated rings. The van der Waals surface area contributed by atoms with Crippen LogP contribution in [0.25, 0.3) is 0 Å². The van der Waals surface area contributed by atoms with E-state index in [0.29, 0.717) is 24.2 Å². The molecule has 0 heterocycles. The van der Waals surface area contributed by atoms with Gasteiger partial charge in [0.15, 0.2) is 0 Å². The van der Waals surface area contributed by atoms with Crippen molar-refractivity contribution in [2.75, 3.05) is 7.11 Å². The van der Waals surface area contributed by atoms with Crippen LogP contribution in [0.1, 0.15) is 36.0 Å². The van der Waals surface area contributed by atoms with Gasteiger partial charge < -0.3 is 9.84 Å². The maximum Gasteiger partial charge on any atom is 0.307 e. The van der Waals surface area contributed by atoms with E-state index in [-0.39, 0.29) is 0 Å². The number of carboxylic acid groups (broad SMARTS) is 1. The van der Waals surface area contributed by atoms with Crippen molar-refractivity contribution in [1.29, 1.82) is 0 Å². The van der Waals surface area contributed by atoms with Crippen LogP contribution in [-0.4, -0.2) is 30.0 Å². The number of carbonyl (C=O) groups is 3. The molecule has 8 heteroatoms. The molecule has 2 atom stereocenters. The van der Waals surface area contributed by atoms with Gasteiger partial charge in [0.2, 0.25) is 5.91 Å². The van der Waals surface area contributed by atoms with E-state index in [0.717, 1.165) is 16.4 Å². The summed E-state index contributed by atoms with van der Waals surface area (Å²) in [7, 11) is 1.54. The number of benzene rings is 1. The number of carbonyl (C=O) groups excluding carboxylic acids is 2. The van der Waals surface area contributed by atoms with Gasteiger partial charge in [-0.25, -0.2) is 0 Å². The molecule has 0 saturated heterocycles. The van der Waals surface area contributed by atoms with Crippen LogP contribution in [0.5, 0.6) is 5.75 Å². The summed E-state index contributed by atoms with van der Waals surface area (Å²) in [6, 6.07) is 4.89. The fraction of sp³-hybridized carbons (Fsp3) is 0.438. The molecule has 0 aliphatic heterocycles. The standard InChI is InChI=1S/C16H19IN2O5/c1-24-13-7-6-9(8-12(13)17)14(20)18-19-15(21)10-4-2-3-5-11(10)16(22)23/h6-8,10-11H,2-5H2,1H3,(H,18,20)(H,19,21)(H,22,23)/t10-,11+/m0/s1. The van der Waals surface area contributed by atoms with Crippen molar-refractivity contribution in [2.45, 2.75) is 25.7 Å². The molecule has 7 nitrogen and oxygen atoms in total. The second-order valence-electron chi connectivity index (χ2n) is 5.63. The van der Waals surface area contributed by atoms with Crippen LogP contribution in [-0.2, 0) is 9.59 Å². The van der Waals surface area contributed by atoms with Crippen LogP contribution >= 0.6 is 22.6 Å². The normalized spacial score (nSPS) is 20.1. The van der Waals surface area contributed by atoms with Gasteiger partial charge in [0.25, 0.3) is 5.91 Å². The number of nitrogens with one attached hydrogen (secondary N) is 2. The summed E-state index contributed by atoms with van der Waals surface area (Å²) >= 11 is 2.05. The summed E-state index contributed by atoms with van der Waals surface area (Å²) in [5.41, 5.74) is 5.07. The maximum atomic E-state index is 12.2. The molecule has 1 aliphatic rings. The average molecular weight is 446 g/mol. The highest BCUT2D eigenvalue weighted by Gasteiger charge is 2.35. The molecule has 0 unspecified atom stereocenters. The molecule has 24 heavy (non-hydrogen) atoms. The molecule has 130 valence electrons. The highest BCUT2D eigenvalue weighted by Crippen LogP contribution is 2.30. The third-order valence-corrected chi connectivity index (χ3v) is 4.98. The Morgan fingerprint density at radius 3 is 2.42 bits per heavy atom. The van der Waals surface area contributed by atoms with Crippen LogP contribution in [0.15, 0.2) is 18.2 Å². The largest absolute Gasteiger partial charge is 0.496 e. The van der Waals surface area contributed by atoms with Gasteiger partial charge in [-0.15, -0.1) is 0 Å². The topological polar surface area (TPSA) is 105 Å². The highest BCUT2D eigenvalue weighted by molar-refractivity contribution is 14.1. The number of carboxylic acids is 1. The lowest BCUT2D eigenvalue weighted by Gasteiger charge is -2.27. The maximum absolute atomic E-state index is 12.2. The Morgan fingerprint density at radius 2 is 1.83 bits per heavy atom. The van der Waals surface area contributed by atoms with E-state index < -0.39 is 29.6 Å². The van der Waals surface area contributed by atoms with Crippen molar-refractivity contribution >= 4 is 40.4 Å². The number of hydrazine groups is 1. The third-order valence-electron chi connectivity index (χ3n) is 4.13. The number of methoxy groups -OCH3 is 1. The first-order valence-electron chi connectivity index (χ1n) is 7.60. The zero-order chi connectivity index (χ0) is 17.7. The van der Waals surface area contributed by atoms with E-state index in [2.05, 4.69) is 10.9 Å². The quantitative estimate of drug-likeness (QED) is 0.485. The van der Waals surface area contributed by atoms with Crippen LogP contribution in [0.2, 0.25) is 0 Å². The van der Waals surface area contributed by atoms with E-state index in [9.17, 15) is 19.5 Å². The summed E-state index contributed by atoms with van der Waals surface area (Å²) in [6.07, 6.45) is 2.61. The van der Waals surface area contributed by atoms with Crippen LogP contribution in [0.4, 0.5) is 0 Å². The minimum absolute atomic E-state index is 0.374. The molecule has 0 aromatic heterocycles. The first kappa shape index (κ1) is 18.5. The molecule has 1 aliphatic carbocycles. The Morgan fingerprint density at radius 1 is 1.17 bits per heavy atom. The Labute approximate surface area is 153 Å². The number of amides is 2. The smallest absolute Gasteiger partial charge is 0.307 e. The number of hydrogen-bond acceptors (Lipinski definition) is 4. The number of ether oxygens (including phenoxy) is 1. The van der Waals surface area contributed by atoms with Gasteiger partial charge in [0.1, 0.15) is 5.75 Å². The van der Waals surface area contributed by atoms with E-state index >= 15 is 0 Å². The molecule has 1 saturated carbocycles. The Kier molecular flexibility index (Phi) is 6.41. The molecule has 2 amide bonds. The van der Waals surface area contributed by atoms with Gasteiger partial charge in [-0.05, 0) is 53.6 Å². The number of aliphatic carboxylic acids is 1. The predicted molar refractivity (Wildman–Crippen MR) is 94.4 cm³/mol. The second-order valence-corrected chi connectivity index (χ2v) is 6.79. The molecule has 0 spiro atoms. The average Bonchev–Trinajstić information content (AvgIpc) is 2.59. The summed E-state index contributed by atoms with van der Waals surface area (Å²) in [4.78, 5) is 35.6. The Balaban J connectivity index is 1.96. The minimum Gasteiger partial charge on any atom is -0.496 e. The molecular formula is C16H19IN2O5. The zero-order valence-corrected chi connectivity index (χ0v) is 15.3. The van der Waals surface area contributed by atoms with Crippen molar-refractivity contribution in [3.8, 4) is 5.75 Å². The monoisotopic (exact) mass is 446 g/mol. The lowest BCUT2D eigenvalue weighted by molar-refractivity contribution is -0.149. The zero-order valence-electron chi connectivity index (χ0n) is 13.2. The fourth-order valence-corrected chi connectivity index (χ4v) is 3.57. The highest BCUT2D eigenvalue weighted by atomic mass is 127. The van der Waals surface area contributed by atoms with Gasteiger partial charge in [0, 0.05) is 5.56 Å². The van der Waals surface area contributed by atoms with Crippen molar-refractivity contribution in [3.05, 3.63) is 27.3 Å². The molecule has 3 N–H and O–H groups in total. The van der Waals surface area contributed by atoms with E-state index in [4.69, 9.17) is 4.74 Å². The Bertz CT molecular complexity index is 649. The SMILES string of the molecule is COc1ccc(C(=O)NNC(=O)[C@H]2CCCC[C@H]2C(=O)O)cc1I. The molecule has 1 aromatic carbocycles. The fourth-order valence-electron chi connectivity index (χ4n) is 2.83. The summed E-state index contributed by atoms with van der Waals surface area (Å²) < 4.78 is 5.90. The minimum atomic E-state index is -0.967. The lowest BCUT2D eigenvalue weighted by atomic mass is 9.79. The number of hydrogen-bond donors (Lipinski definition) is 3. The molecule has 0 radical (unpaired) electrons. The summed E-state index contributed by atoms with van der Waals surface area (Å²) in [5, 5.41) is 9.21. The van der Waals surface area contributed by atoms with Gasteiger partial charge in [-0.3, -0.25) is 25.2 Å². The van der Waals surface area contributed by atoms with E-state index in [1.807, 2.05) is 22.6 Å². The summed E-state index contributed by atoms with van der Waals surface area (Å²) in [6.45, 7) is 0. The number of halogens is 1. The first-order valence-corrected chi connectivity index (χ1v) is 8.68. The summed E-state index contributed by atoms with van der Waals surface area (Å²) in [5.74, 6) is -2.55. The predicted octanol–water partition coefficient (Wildman–Crippen LogP) is 1.95. The first-order chi connectivity index (χ1) is 11.4. The Hall–Kier alpha value is -1.84. The van der Waals surface area contributed by atoms with Gasteiger partial charge in [-0.1, -0.05) is 12.8 Å². The molecule has 0 bridgehead atoms. The van der Waals surface area contributed by atoms with E-state index in [1.165, 1.54) is 0 Å². The lowest BCUT2D eigenvalue weighted by Crippen LogP contribution is -2.47. The number of rotatable bonds is 4. The third kappa shape index (κ3) is 4.37. The van der Waals surface area contributed by atoms with Crippen molar-refractivity contribution in [2.24, 2.45) is 11.8 Å². The van der Waals surface area contributed by atoms with Crippen LogP contribution < -0.4 is 15.6 Å². The van der Waals surface area contributed by atoms with Crippen molar-refractivity contribution in [3.63, 3.8) is 0 Å². The molecule has 1 aromatic rings. The van der Waals surface area contributed by atoms with Crippen LogP contribution in [0.3, 0.4) is 0 Å². The molecular weight excluding hydrogens is 427 g/mol. The van der Waals surface area contributed by atoms with E-state index in [1.54, 1.807) is 25.3 Å². The second kappa shape index (κ2) is 8.32. The van der Waals surface area contributed by atoms with Crippen molar-refractivity contribution in [1.82, 2.24) is 10.9 Å². The van der Waals surface area contributed by atoms with Gasteiger partial charge >= 0.3 is 5.97 Å². The van der Waals surface area contributed by atoms with Crippen molar-refractivity contribution < 1.29 is 24.2 Å².